The third-order valence-electron chi connectivity index (χ3n) is 2.83. The van der Waals surface area contributed by atoms with Gasteiger partial charge in [-0.05, 0) is 37.1 Å². The van der Waals surface area contributed by atoms with Crippen molar-refractivity contribution in [3.63, 3.8) is 0 Å². The third kappa shape index (κ3) is 4.44. The fraction of sp³-hybridized carbons (Fsp3) is 0.385. The number of hydrogen-bond acceptors (Lipinski definition) is 3. The standard InChI is InChI=1S/C13H17N3O2.ClH/c1-16(8-12(17)15-11-6-7-11)13(18)9-2-4-10(14)5-3-9;/h2-5,11H,6-8,14H2,1H3,(H,15,17);1H. The normalized spacial score (nSPS) is 13.3. The van der Waals surface area contributed by atoms with Crippen molar-refractivity contribution in [3.05, 3.63) is 29.8 Å². The van der Waals surface area contributed by atoms with Gasteiger partial charge in [-0.3, -0.25) is 9.59 Å². The van der Waals surface area contributed by atoms with Crippen molar-refractivity contribution in [2.45, 2.75) is 18.9 Å². The van der Waals surface area contributed by atoms with Crippen LogP contribution >= 0.6 is 12.4 Å². The molecule has 0 saturated heterocycles. The maximum Gasteiger partial charge on any atom is 0.254 e. The first-order valence-electron chi connectivity index (χ1n) is 5.96. The van der Waals surface area contributed by atoms with E-state index in [0.717, 1.165) is 12.8 Å². The van der Waals surface area contributed by atoms with Crippen LogP contribution < -0.4 is 11.1 Å². The Balaban J connectivity index is 0.00000180. The van der Waals surface area contributed by atoms with E-state index in [1.807, 2.05) is 0 Å². The first-order chi connectivity index (χ1) is 8.56. The maximum atomic E-state index is 12.0. The Morgan fingerprint density at radius 2 is 1.89 bits per heavy atom. The van der Waals surface area contributed by atoms with E-state index in [4.69, 9.17) is 5.73 Å². The third-order valence-corrected chi connectivity index (χ3v) is 2.83. The van der Waals surface area contributed by atoms with Crippen LogP contribution in [-0.4, -0.2) is 36.3 Å². The highest BCUT2D eigenvalue weighted by Gasteiger charge is 2.24. The number of anilines is 1. The minimum Gasteiger partial charge on any atom is -0.399 e. The lowest BCUT2D eigenvalue weighted by molar-refractivity contribution is -0.121. The Hall–Kier alpha value is -1.75. The van der Waals surface area contributed by atoms with Crippen LogP contribution in [0.1, 0.15) is 23.2 Å². The summed E-state index contributed by atoms with van der Waals surface area (Å²) in [4.78, 5) is 25.0. The second-order valence-corrected chi connectivity index (χ2v) is 4.63. The predicted octanol–water partition coefficient (Wildman–Crippen LogP) is 1.04. The molecule has 0 aliphatic heterocycles. The molecule has 1 aliphatic rings. The number of carbonyl (C=O) groups is 2. The second-order valence-electron chi connectivity index (χ2n) is 4.63. The molecule has 1 saturated carbocycles. The lowest BCUT2D eigenvalue weighted by Crippen LogP contribution is -2.39. The van der Waals surface area contributed by atoms with E-state index in [-0.39, 0.29) is 30.8 Å². The molecule has 5 nitrogen and oxygen atoms in total. The van der Waals surface area contributed by atoms with E-state index < -0.39 is 0 Å². The van der Waals surface area contributed by atoms with Crippen LogP contribution in [0.2, 0.25) is 0 Å². The Morgan fingerprint density at radius 3 is 2.42 bits per heavy atom. The zero-order chi connectivity index (χ0) is 13.1. The largest absolute Gasteiger partial charge is 0.399 e. The summed E-state index contributed by atoms with van der Waals surface area (Å²) in [5.74, 6) is -0.287. The van der Waals surface area contributed by atoms with E-state index >= 15 is 0 Å². The van der Waals surface area contributed by atoms with E-state index in [0.29, 0.717) is 17.3 Å². The van der Waals surface area contributed by atoms with Crippen LogP contribution in [0.5, 0.6) is 0 Å². The number of nitrogens with zero attached hydrogens (tertiary/aromatic N) is 1. The molecule has 0 atom stereocenters. The van der Waals surface area contributed by atoms with E-state index in [9.17, 15) is 9.59 Å². The molecule has 0 aromatic heterocycles. The van der Waals surface area contributed by atoms with Crippen LogP contribution in [0.25, 0.3) is 0 Å². The summed E-state index contributed by atoms with van der Waals surface area (Å²) in [6.07, 6.45) is 2.09. The van der Waals surface area contributed by atoms with Crippen molar-refractivity contribution in [3.8, 4) is 0 Å². The van der Waals surface area contributed by atoms with Crippen molar-refractivity contribution in [1.29, 1.82) is 0 Å². The van der Waals surface area contributed by atoms with Crippen LogP contribution in [0.4, 0.5) is 5.69 Å². The molecule has 2 amide bonds. The van der Waals surface area contributed by atoms with Gasteiger partial charge in [-0.25, -0.2) is 0 Å². The Labute approximate surface area is 118 Å². The number of rotatable bonds is 4. The zero-order valence-corrected chi connectivity index (χ0v) is 11.6. The van der Waals surface area contributed by atoms with Gasteiger partial charge in [0.25, 0.3) is 5.91 Å². The number of carbonyl (C=O) groups excluding carboxylic acids is 2. The van der Waals surface area contributed by atoms with Crippen molar-refractivity contribution >= 4 is 29.9 Å². The monoisotopic (exact) mass is 283 g/mol. The van der Waals surface area contributed by atoms with Gasteiger partial charge in [-0.15, -0.1) is 12.4 Å². The summed E-state index contributed by atoms with van der Waals surface area (Å²) in [5.41, 5.74) is 6.70. The Kier molecular flexibility index (Phi) is 5.18. The van der Waals surface area contributed by atoms with Crippen molar-refractivity contribution in [1.82, 2.24) is 10.2 Å². The number of nitrogens with two attached hydrogens (primary N) is 1. The molecule has 1 aliphatic carbocycles. The fourth-order valence-electron chi connectivity index (χ4n) is 1.63. The number of hydrogen-bond donors (Lipinski definition) is 2. The van der Waals surface area contributed by atoms with Crippen molar-refractivity contribution in [2.75, 3.05) is 19.3 Å². The smallest absolute Gasteiger partial charge is 0.254 e. The molecule has 0 radical (unpaired) electrons. The number of nitrogen functional groups attached to an aromatic ring is 1. The highest BCUT2D eigenvalue weighted by Crippen LogP contribution is 2.18. The molecule has 19 heavy (non-hydrogen) atoms. The molecular formula is C13H18ClN3O2. The SMILES string of the molecule is CN(CC(=O)NC1CC1)C(=O)c1ccc(N)cc1.Cl. The number of likely N-dealkylation sites (N-methyl/N-ethyl adjacent to an activating group) is 1. The van der Waals surface area contributed by atoms with Crippen molar-refractivity contribution in [2.24, 2.45) is 0 Å². The molecule has 1 aromatic carbocycles. The zero-order valence-electron chi connectivity index (χ0n) is 10.8. The summed E-state index contributed by atoms with van der Waals surface area (Å²) in [6, 6.07) is 6.98. The Bertz CT molecular complexity index is 457. The van der Waals surface area contributed by atoms with Gasteiger partial charge in [0.05, 0.1) is 6.54 Å². The summed E-state index contributed by atoms with van der Waals surface area (Å²) < 4.78 is 0. The molecule has 1 fully saturated rings. The van der Waals surface area contributed by atoms with Gasteiger partial charge in [0.15, 0.2) is 0 Å². The number of nitrogens with one attached hydrogen (secondary N) is 1. The van der Waals surface area contributed by atoms with Crippen LogP contribution in [0.15, 0.2) is 24.3 Å². The van der Waals surface area contributed by atoms with E-state index in [1.54, 1.807) is 31.3 Å². The molecule has 6 heteroatoms. The fourth-order valence-corrected chi connectivity index (χ4v) is 1.63. The van der Waals surface area contributed by atoms with Gasteiger partial charge in [0.1, 0.15) is 0 Å². The minimum atomic E-state index is -0.180. The van der Waals surface area contributed by atoms with Crippen molar-refractivity contribution < 1.29 is 9.59 Å². The lowest BCUT2D eigenvalue weighted by Gasteiger charge is -2.16. The van der Waals surface area contributed by atoms with Gasteiger partial charge >= 0.3 is 0 Å². The molecule has 0 unspecified atom stereocenters. The van der Waals surface area contributed by atoms with E-state index in [1.165, 1.54) is 4.90 Å². The molecule has 104 valence electrons. The summed E-state index contributed by atoms with van der Waals surface area (Å²) >= 11 is 0. The lowest BCUT2D eigenvalue weighted by atomic mass is 10.2. The van der Waals surface area contributed by atoms with Crippen LogP contribution in [0.3, 0.4) is 0 Å². The molecule has 2 rings (SSSR count). The first-order valence-corrected chi connectivity index (χ1v) is 5.96. The number of halogens is 1. The van der Waals surface area contributed by atoms with Gasteiger partial charge in [-0.2, -0.15) is 0 Å². The minimum absolute atomic E-state index is 0. The quantitative estimate of drug-likeness (QED) is 0.811. The average Bonchev–Trinajstić information content (AvgIpc) is 3.12. The maximum absolute atomic E-state index is 12.0. The van der Waals surface area contributed by atoms with Gasteiger partial charge < -0.3 is 16.0 Å². The predicted molar refractivity (Wildman–Crippen MR) is 76.2 cm³/mol. The Morgan fingerprint density at radius 1 is 1.32 bits per heavy atom. The molecule has 3 N–H and O–H groups in total. The molecule has 0 spiro atoms. The second kappa shape index (κ2) is 6.43. The molecule has 0 bridgehead atoms. The summed E-state index contributed by atoms with van der Waals surface area (Å²) in [6.45, 7) is 0.0830. The number of benzene rings is 1. The average molecular weight is 284 g/mol. The summed E-state index contributed by atoms with van der Waals surface area (Å²) in [5, 5.41) is 2.85. The van der Waals surface area contributed by atoms with Gasteiger partial charge in [0, 0.05) is 24.3 Å². The highest BCUT2D eigenvalue weighted by atomic mass is 35.5. The first kappa shape index (κ1) is 15.3. The van der Waals surface area contributed by atoms with Crippen LogP contribution in [-0.2, 0) is 4.79 Å². The van der Waals surface area contributed by atoms with E-state index in [2.05, 4.69) is 5.32 Å². The molecule has 0 heterocycles. The topological polar surface area (TPSA) is 75.4 Å². The van der Waals surface area contributed by atoms with Gasteiger partial charge in [-0.1, -0.05) is 0 Å². The molecular weight excluding hydrogens is 266 g/mol. The highest BCUT2D eigenvalue weighted by molar-refractivity contribution is 5.96. The van der Waals surface area contributed by atoms with Crippen LogP contribution in [0, 0.1) is 0 Å². The van der Waals surface area contributed by atoms with Gasteiger partial charge in [0.2, 0.25) is 5.91 Å². The summed E-state index contributed by atoms with van der Waals surface area (Å²) in [7, 11) is 1.62. The molecule has 1 aromatic rings. The number of amides is 2.